The van der Waals surface area contributed by atoms with Crippen molar-refractivity contribution in [2.45, 2.75) is 35.4 Å². The zero-order chi connectivity index (χ0) is 13.7. The molecule has 0 radical (unpaired) electrons. The van der Waals surface area contributed by atoms with Crippen LogP contribution in [0.4, 0.5) is 0 Å². The number of aromatic nitrogens is 3. The lowest BCUT2D eigenvalue weighted by Gasteiger charge is -1.98. The summed E-state index contributed by atoms with van der Waals surface area (Å²) in [7, 11) is 0. The number of thiazole rings is 1. The van der Waals surface area contributed by atoms with Gasteiger partial charge in [-0.1, -0.05) is 11.3 Å². The molecular formula is C11H13N3O2S3. The van der Waals surface area contributed by atoms with Crippen molar-refractivity contribution in [2.75, 3.05) is 6.61 Å². The molecule has 0 aliphatic carbocycles. The minimum absolute atomic E-state index is 0.192. The molecule has 2 aromatic heterocycles. The van der Waals surface area contributed by atoms with Crippen molar-refractivity contribution < 1.29 is 9.53 Å². The van der Waals surface area contributed by atoms with Gasteiger partial charge in [-0.05, 0) is 25.6 Å². The second-order valence-electron chi connectivity index (χ2n) is 3.62. The lowest BCUT2D eigenvalue weighted by molar-refractivity contribution is -0.143. The number of aryl methyl sites for hydroxylation is 2. The Kier molecular flexibility index (Phi) is 5.29. The van der Waals surface area contributed by atoms with Gasteiger partial charge in [-0.15, -0.1) is 21.5 Å². The lowest BCUT2D eigenvalue weighted by atomic mass is 10.3. The molecule has 2 aromatic rings. The minimum atomic E-state index is -0.192. The molecule has 5 nitrogen and oxygen atoms in total. The number of esters is 1. The smallest absolute Gasteiger partial charge is 0.306 e. The third kappa shape index (κ3) is 4.55. The van der Waals surface area contributed by atoms with E-state index < -0.39 is 0 Å². The van der Waals surface area contributed by atoms with E-state index in [0.717, 1.165) is 19.4 Å². The first-order chi connectivity index (χ1) is 9.17. The van der Waals surface area contributed by atoms with Crippen LogP contribution in [0.15, 0.2) is 14.1 Å². The Balaban J connectivity index is 1.86. The van der Waals surface area contributed by atoms with E-state index in [1.165, 1.54) is 23.1 Å². The van der Waals surface area contributed by atoms with Crippen LogP contribution in [-0.4, -0.2) is 27.8 Å². The van der Waals surface area contributed by atoms with Gasteiger partial charge in [-0.3, -0.25) is 4.79 Å². The van der Waals surface area contributed by atoms with Gasteiger partial charge < -0.3 is 4.74 Å². The van der Waals surface area contributed by atoms with Gasteiger partial charge >= 0.3 is 5.97 Å². The summed E-state index contributed by atoms with van der Waals surface area (Å²) in [5.74, 6) is -0.192. The number of ether oxygens (including phenoxy) is 1. The van der Waals surface area contributed by atoms with Crippen molar-refractivity contribution in [3.8, 4) is 0 Å². The van der Waals surface area contributed by atoms with Gasteiger partial charge in [0.1, 0.15) is 5.01 Å². The number of hydrogen-bond donors (Lipinski definition) is 0. The van der Waals surface area contributed by atoms with Crippen molar-refractivity contribution in [3.05, 3.63) is 16.1 Å². The summed E-state index contributed by atoms with van der Waals surface area (Å²) in [6.45, 7) is 4.18. The molecule has 8 heteroatoms. The molecular weight excluding hydrogens is 302 g/mol. The Bertz CT molecular complexity index is 553. The second-order valence-corrected chi connectivity index (χ2v) is 7.04. The molecule has 0 aromatic carbocycles. The van der Waals surface area contributed by atoms with Gasteiger partial charge in [-0.2, -0.15) is 0 Å². The highest BCUT2D eigenvalue weighted by atomic mass is 32.2. The van der Waals surface area contributed by atoms with Crippen LogP contribution in [-0.2, 0) is 16.0 Å². The number of hydrogen-bond acceptors (Lipinski definition) is 8. The van der Waals surface area contributed by atoms with E-state index in [9.17, 15) is 4.79 Å². The molecule has 19 heavy (non-hydrogen) atoms. The number of rotatable bonds is 6. The van der Waals surface area contributed by atoms with Crippen molar-refractivity contribution in [1.82, 2.24) is 15.2 Å². The second kappa shape index (κ2) is 6.97. The Labute approximate surface area is 123 Å². The van der Waals surface area contributed by atoms with Crippen LogP contribution in [0.25, 0.3) is 0 Å². The van der Waals surface area contributed by atoms with Crippen LogP contribution >= 0.6 is 34.4 Å². The molecule has 0 amide bonds. The fraction of sp³-hybridized carbons (Fsp3) is 0.455. The fourth-order valence-corrected chi connectivity index (χ4v) is 4.21. The Morgan fingerprint density at radius 2 is 2.26 bits per heavy atom. The highest BCUT2D eigenvalue weighted by Gasteiger charge is 2.10. The molecule has 0 aliphatic heterocycles. The number of carbonyl (C=O) groups is 1. The molecule has 0 atom stereocenters. The molecule has 0 bridgehead atoms. The molecule has 2 heterocycles. The minimum Gasteiger partial charge on any atom is -0.466 e. The summed E-state index contributed by atoms with van der Waals surface area (Å²) in [5, 5.41) is 11.0. The maximum absolute atomic E-state index is 11.2. The standard InChI is InChI=1S/C11H13N3O2S3/c1-3-16-9(15)5-4-8-13-14-11(18-8)19-10-12-7(2)6-17-10/h6H,3-5H2,1-2H3. The summed E-state index contributed by atoms with van der Waals surface area (Å²) in [6.07, 6.45) is 0.928. The van der Waals surface area contributed by atoms with Crippen LogP contribution in [0.2, 0.25) is 0 Å². The topological polar surface area (TPSA) is 65.0 Å². The molecule has 102 valence electrons. The van der Waals surface area contributed by atoms with Crippen LogP contribution in [0.3, 0.4) is 0 Å². The van der Waals surface area contributed by atoms with E-state index in [4.69, 9.17) is 4.74 Å². The maximum atomic E-state index is 11.2. The van der Waals surface area contributed by atoms with E-state index in [1.54, 1.807) is 18.3 Å². The molecule has 0 spiro atoms. The van der Waals surface area contributed by atoms with Crippen LogP contribution in [0.5, 0.6) is 0 Å². The predicted molar refractivity (Wildman–Crippen MR) is 75.8 cm³/mol. The van der Waals surface area contributed by atoms with Crippen molar-refractivity contribution >= 4 is 40.4 Å². The summed E-state index contributed by atoms with van der Waals surface area (Å²) in [4.78, 5) is 15.6. The molecule has 0 saturated carbocycles. The number of carbonyl (C=O) groups excluding carboxylic acids is 1. The van der Waals surface area contributed by atoms with Gasteiger partial charge in [0, 0.05) is 17.5 Å². The molecule has 0 N–H and O–H groups in total. The molecule has 0 fully saturated rings. The first-order valence-electron chi connectivity index (χ1n) is 5.75. The van der Waals surface area contributed by atoms with E-state index >= 15 is 0 Å². The first kappa shape index (κ1) is 14.4. The molecule has 2 rings (SSSR count). The average Bonchev–Trinajstić information content (AvgIpc) is 2.97. The predicted octanol–water partition coefficient (Wildman–Crippen LogP) is 2.95. The molecule has 0 saturated heterocycles. The zero-order valence-corrected chi connectivity index (χ0v) is 13.0. The fourth-order valence-electron chi connectivity index (χ4n) is 1.28. The third-order valence-electron chi connectivity index (χ3n) is 2.07. The van der Waals surface area contributed by atoms with Crippen LogP contribution < -0.4 is 0 Å². The van der Waals surface area contributed by atoms with Gasteiger partial charge in [0.25, 0.3) is 0 Å². The Morgan fingerprint density at radius 3 is 2.95 bits per heavy atom. The van der Waals surface area contributed by atoms with Crippen molar-refractivity contribution in [2.24, 2.45) is 0 Å². The van der Waals surface area contributed by atoms with E-state index in [-0.39, 0.29) is 5.97 Å². The molecule has 0 aliphatic rings. The van der Waals surface area contributed by atoms with Crippen LogP contribution in [0.1, 0.15) is 24.0 Å². The monoisotopic (exact) mass is 315 g/mol. The Morgan fingerprint density at radius 1 is 1.42 bits per heavy atom. The first-order valence-corrected chi connectivity index (χ1v) is 8.26. The van der Waals surface area contributed by atoms with E-state index in [0.29, 0.717) is 19.4 Å². The quantitative estimate of drug-likeness (QED) is 0.764. The molecule has 0 unspecified atom stereocenters. The van der Waals surface area contributed by atoms with Gasteiger partial charge in [-0.25, -0.2) is 4.98 Å². The van der Waals surface area contributed by atoms with Crippen LogP contribution in [0, 0.1) is 6.92 Å². The van der Waals surface area contributed by atoms with Gasteiger partial charge in [0.05, 0.1) is 13.0 Å². The highest BCUT2D eigenvalue weighted by Crippen LogP contribution is 2.32. The summed E-state index contributed by atoms with van der Waals surface area (Å²) < 4.78 is 6.69. The number of nitrogens with zero attached hydrogens (tertiary/aromatic N) is 3. The summed E-state index contributed by atoms with van der Waals surface area (Å²) >= 11 is 4.60. The normalized spacial score (nSPS) is 10.6. The van der Waals surface area contributed by atoms with Crippen molar-refractivity contribution in [3.63, 3.8) is 0 Å². The van der Waals surface area contributed by atoms with E-state index in [1.807, 2.05) is 12.3 Å². The lowest BCUT2D eigenvalue weighted by Crippen LogP contribution is -2.04. The highest BCUT2D eigenvalue weighted by molar-refractivity contribution is 8.02. The summed E-state index contributed by atoms with van der Waals surface area (Å²) in [6, 6.07) is 0. The van der Waals surface area contributed by atoms with Gasteiger partial charge in [0.2, 0.25) is 0 Å². The average molecular weight is 315 g/mol. The van der Waals surface area contributed by atoms with Crippen molar-refractivity contribution in [1.29, 1.82) is 0 Å². The zero-order valence-electron chi connectivity index (χ0n) is 10.6. The summed E-state index contributed by atoms with van der Waals surface area (Å²) in [5.41, 5.74) is 1.01. The third-order valence-corrected chi connectivity index (χ3v) is 5.16. The largest absolute Gasteiger partial charge is 0.466 e. The van der Waals surface area contributed by atoms with E-state index in [2.05, 4.69) is 15.2 Å². The van der Waals surface area contributed by atoms with Gasteiger partial charge in [0.15, 0.2) is 8.68 Å². The SMILES string of the molecule is CCOC(=O)CCc1nnc(Sc2nc(C)cs2)s1. The Hall–Kier alpha value is -0.990. The maximum Gasteiger partial charge on any atom is 0.306 e.